The Morgan fingerprint density at radius 1 is 0.804 bits per heavy atom. The smallest absolute Gasteiger partial charge is 0.306 e. The lowest BCUT2D eigenvalue weighted by molar-refractivity contribution is -0.131. The van der Waals surface area contributed by atoms with Gasteiger partial charge in [-0.3, -0.25) is 23.6 Å². The molecule has 0 spiro atoms. The Morgan fingerprint density at radius 2 is 1.29 bits per heavy atom. The number of hydrogen-bond donors (Lipinski definition) is 4. The first-order valence-electron chi connectivity index (χ1n) is 19.1. The van der Waals surface area contributed by atoms with Gasteiger partial charge in [0, 0.05) is 44.9 Å². The van der Waals surface area contributed by atoms with E-state index in [-0.39, 0.29) is 24.3 Å². The first-order chi connectivity index (χ1) is 27.1. The number of amides is 3. The molecule has 0 unspecified atom stereocenters. The summed E-state index contributed by atoms with van der Waals surface area (Å²) in [6, 6.07) is 8.15. The number of oxazole rings is 1. The van der Waals surface area contributed by atoms with E-state index in [1.54, 1.807) is 37.0 Å². The second-order valence-electron chi connectivity index (χ2n) is 12.8. The Balaban J connectivity index is 0.000000285. The van der Waals surface area contributed by atoms with E-state index in [2.05, 4.69) is 68.0 Å². The van der Waals surface area contributed by atoms with Gasteiger partial charge in [-0.05, 0) is 38.3 Å². The average molecular weight is 777 g/mol. The molecule has 7 rings (SSSR count). The number of likely N-dealkylation sites (N-methyl/N-ethyl adjacent to an activating group) is 1. The molecule has 5 aromatic rings. The molecule has 2 fully saturated rings. The van der Waals surface area contributed by atoms with Gasteiger partial charge in [0.15, 0.2) is 5.76 Å². The maximum absolute atomic E-state index is 11.3. The first-order valence-corrected chi connectivity index (χ1v) is 19.1. The van der Waals surface area contributed by atoms with Gasteiger partial charge in [-0.15, -0.1) is 0 Å². The van der Waals surface area contributed by atoms with Crippen molar-refractivity contribution in [2.45, 2.75) is 73.1 Å². The predicted octanol–water partition coefficient (Wildman–Crippen LogP) is 5.57. The Hall–Kier alpha value is -5.77. The summed E-state index contributed by atoms with van der Waals surface area (Å²) in [6.45, 7) is 14.5. The minimum Gasteiger partial charge on any atom is -0.471 e. The van der Waals surface area contributed by atoms with Gasteiger partial charge in [0.25, 0.3) is 6.47 Å². The highest BCUT2D eigenvalue weighted by Crippen LogP contribution is 2.26. The number of nitrogens with zero attached hydrogens (tertiary/aromatic N) is 6. The third-order valence-corrected chi connectivity index (χ3v) is 7.74. The maximum Gasteiger partial charge on any atom is 0.306 e. The third-order valence-electron chi connectivity index (χ3n) is 7.74. The summed E-state index contributed by atoms with van der Waals surface area (Å²) in [4.78, 5) is 64.2. The van der Waals surface area contributed by atoms with Gasteiger partial charge in [-0.1, -0.05) is 64.8 Å². The summed E-state index contributed by atoms with van der Waals surface area (Å²) in [5.41, 5.74) is 4.79. The number of aromatic nitrogens is 6. The molecule has 2 aliphatic heterocycles. The number of aromatic amines is 2. The molecule has 1 aromatic carbocycles. The monoisotopic (exact) mass is 776 g/mol. The molecule has 306 valence electrons. The van der Waals surface area contributed by atoms with Gasteiger partial charge in [-0.25, -0.2) is 9.97 Å². The van der Waals surface area contributed by atoms with Crippen LogP contribution in [0.3, 0.4) is 0 Å². The van der Waals surface area contributed by atoms with Crippen molar-refractivity contribution in [2.24, 2.45) is 0 Å². The van der Waals surface area contributed by atoms with Gasteiger partial charge in [0.2, 0.25) is 17.7 Å². The number of H-pyrrole nitrogens is 2. The highest BCUT2D eigenvalue weighted by Gasteiger charge is 2.18. The molecule has 3 amide bonds. The number of methoxy groups -OCH3 is 1. The summed E-state index contributed by atoms with van der Waals surface area (Å²) >= 11 is 0. The standard InChI is InChI=1S/C17H12N6O.C8H14N2O2.C7H14N2O.2C3H8.C2H4O2/c1-3-12(4-2-11(1)13-5-18-9-20-13)15-7-23-8-16(24-17(23)22-15)14-6-19-10-21-14;1-7(11)9-6-8(12)10-4-2-3-5-10;1-8-6-7(10)9-4-2-3-5-9;2*1-3-2;1-4-2-3/h1-10H,(H,18,20)(H,19,21);2-6H2,1H3,(H,9,11);8H,2-6H2,1H3;2*3H2,1-2H3;2H,1H3. The normalized spacial score (nSPS) is 12.6. The van der Waals surface area contributed by atoms with E-state index < -0.39 is 0 Å². The summed E-state index contributed by atoms with van der Waals surface area (Å²) in [5.74, 6) is 1.37. The number of rotatable bonds is 8. The second-order valence-corrected chi connectivity index (χ2v) is 12.8. The topological polar surface area (TPSA) is 196 Å². The van der Waals surface area contributed by atoms with Crippen LogP contribution in [-0.4, -0.2) is 117 Å². The van der Waals surface area contributed by atoms with Crippen LogP contribution in [0.25, 0.3) is 39.8 Å². The lowest BCUT2D eigenvalue weighted by Gasteiger charge is -2.14. The van der Waals surface area contributed by atoms with E-state index in [4.69, 9.17) is 9.21 Å². The third kappa shape index (κ3) is 16.3. The second kappa shape index (κ2) is 26.9. The molecule has 2 aliphatic rings. The first kappa shape index (κ1) is 46.4. The van der Waals surface area contributed by atoms with E-state index >= 15 is 0 Å². The Bertz CT molecular complexity index is 1750. The number of carbonyl (C=O) groups excluding carboxylic acids is 4. The number of fused-ring (bicyclic) bond motifs is 1. The number of nitrogens with one attached hydrogen (secondary N) is 4. The minimum atomic E-state index is -0.150. The quantitative estimate of drug-likeness (QED) is 0.145. The van der Waals surface area contributed by atoms with E-state index in [0.29, 0.717) is 24.6 Å². The molecule has 16 heteroatoms. The Labute approximate surface area is 329 Å². The molecule has 0 aliphatic carbocycles. The molecule has 6 heterocycles. The number of ether oxygens (including phenoxy) is 1. The van der Waals surface area contributed by atoms with Crippen LogP contribution in [0, 0.1) is 0 Å². The average Bonchev–Trinajstić information content (AvgIpc) is 4.05. The predicted molar refractivity (Wildman–Crippen MR) is 217 cm³/mol. The van der Waals surface area contributed by atoms with Crippen molar-refractivity contribution < 1.29 is 28.3 Å². The van der Waals surface area contributed by atoms with Gasteiger partial charge in [-0.2, -0.15) is 4.98 Å². The number of benzene rings is 1. The van der Waals surface area contributed by atoms with Crippen LogP contribution < -0.4 is 10.6 Å². The fraction of sp³-hybridized carbons (Fsp3) is 0.475. The molecular formula is C40H60N10O6. The molecule has 0 bridgehead atoms. The van der Waals surface area contributed by atoms with Crippen LogP contribution >= 0.6 is 0 Å². The number of carbonyl (C=O) groups is 4. The maximum atomic E-state index is 11.3. The molecule has 56 heavy (non-hydrogen) atoms. The molecule has 0 radical (unpaired) electrons. The Kier molecular flexibility index (Phi) is 22.3. The molecule has 0 saturated carbocycles. The highest BCUT2D eigenvalue weighted by atomic mass is 16.5. The summed E-state index contributed by atoms with van der Waals surface area (Å²) in [7, 11) is 3.11. The molecular weight excluding hydrogens is 717 g/mol. The zero-order valence-electron chi connectivity index (χ0n) is 34.0. The van der Waals surface area contributed by atoms with Crippen LogP contribution in [0.4, 0.5) is 0 Å². The van der Waals surface area contributed by atoms with E-state index in [0.717, 1.165) is 67.2 Å². The van der Waals surface area contributed by atoms with Gasteiger partial charge in [0.05, 0.1) is 62.8 Å². The van der Waals surface area contributed by atoms with E-state index in [9.17, 15) is 14.4 Å². The lowest BCUT2D eigenvalue weighted by Crippen LogP contribution is -2.37. The SMILES string of the molecule is CC(=O)NCC(=O)N1CCCC1.CCC.CCC.CNCC(=O)N1CCCC1.COC=O.c1ncc(-c2ccc(-c3cn4cc(-c5cnc[nH]5)oc4n3)cc2)[nH]1. The summed E-state index contributed by atoms with van der Waals surface area (Å²) in [6.07, 6.45) is 17.7. The molecule has 0 atom stereocenters. The van der Waals surface area contributed by atoms with Crippen molar-refractivity contribution in [3.05, 3.63) is 61.7 Å². The lowest BCUT2D eigenvalue weighted by atomic mass is 10.1. The fourth-order valence-electron chi connectivity index (χ4n) is 5.19. The van der Waals surface area contributed by atoms with E-state index in [1.807, 2.05) is 46.0 Å². The number of imidazole rings is 3. The van der Waals surface area contributed by atoms with Gasteiger partial charge < -0.3 is 39.6 Å². The molecule has 2 saturated heterocycles. The van der Waals surface area contributed by atoms with Crippen molar-refractivity contribution >= 4 is 30.0 Å². The fourth-order valence-corrected chi connectivity index (χ4v) is 5.19. The summed E-state index contributed by atoms with van der Waals surface area (Å²) < 4.78 is 11.5. The van der Waals surface area contributed by atoms with Crippen LogP contribution in [-0.2, 0) is 23.9 Å². The van der Waals surface area contributed by atoms with Crippen molar-refractivity contribution in [3.8, 4) is 34.0 Å². The van der Waals surface area contributed by atoms with Crippen LogP contribution in [0.2, 0.25) is 0 Å². The van der Waals surface area contributed by atoms with Gasteiger partial charge >= 0.3 is 5.84 Å². The van der Waals surface area contributed by atoms with Crippen molar-refractivity contribution in [1.29, 1.82) is 0 Å². The van der Waals surface area contributed by atoms with Crippen LogP contribution in [0.5, 0.6) is 0 Å². The zero-order chi connectivity index (χ0) is 41.1. The van der Waals surface area contributed by atoms with Crippen LogP contribution in [0.1, 0.15) is 73.1 Å². The number of likely N-dealkylation sites (tertiary alicyclic amines) is 2. The molecule has 4 aromatic heterocycles. The zero-order valence-corrected chi connectivity index (χ0v) is 34.0. The van der Waals surface area contributed by atoms with Crippen LogP contribution in [0.15, 0.2) is 66.1 Å². The molecule has 4 N–H and O–H groups in total. The summed E-state index contributed by atoms with van der Waals surface area (Å²) in [5, 5.41) is 5.35. The minimum absolute atomic E-state index is 0.0303. The Morgan fingerprint density at radius 3 is 1.71 bits per heavy atom. The van der Waals surface area contributed by atoms with Crippen molar-refractivity contribution in [1.82, 2.24) is 49.8 Å². The highest BCUT2D eigenvalue weighted by molar-refractivity contribution is 5.83. The van der Waals surface area contributed by atoms with Crippen molar-refractivity contribution in [3.63, 3.8) is 0 Å². The van der Waals surface area contributed by atoms with Crippen molar-refractivity contribution in [2.75, 3.05) is 53.4 Å². The molecule has 16 nitrogen and oxygen atoms in total. The largest absolute Gasteiger partial charge is 0.471 e. The van der Waals surface area contributed by atoms with E-state index in [1.165, 1.54) is 39.7 Å². The van der Waals surface area contributed by atoms with Gasteiger partial charge in [0.1, 0.15) is 5.69 Å². The number of hydrogen-bond acceptors (Lipinski definition) is 10.